The number of methoxy groups -OCH3 is 1. The van der Waals surface area contributed by atoms with Crippen LogP contribution in [0.4, 0.5) is 10.1 Å². The third-order valence-corrected chi connectivity index (χ3v) is 7.36. The SMILES string of the molecule is COCCn1c(C)cc(O)c([C@@H](c2ccc(SC)cc2)N2CCN(c3ccccc3F)CC2)c1=O. The normalized spacial score (nSPS) is 15.4. The van der Waals surface area contributed by atoms with Gasteiger partial charge in [-0.1, -0.05) is 24.3 Å². The number of rotatable bonds is 8. The van der Waals surface area contributed by atoms with Crippen molar-refractivity contribution in [2.24, 2.45) is 0 Å². The van der Waals surface area contributed by atoms with Crippen molar-refractivity contribution in [2.45, 2.75) is 24.4 Å². The molecule has 0 radical (unpaired) electrons. The van der Waals surface area contributed by atoms with E-state index in [4.69, 9.17) is 4.74 Å². The quantitative estimate of drug-likeness (QED) is 0.469. The average Bonchev–Trinajstić information content (AvgIpc) is 2.87. The first-order chi connectivity index (χ1) is 16.9. The van der Waals surface area contributed by atoms with E-state index in [1.807, 2.05) is 48.4 Å². The van der Waals surface area contributed by atoms with Crippen LogP contribution in [-0.4, -0.2) is 60.7 Å². The number of anilines is 1. The maximum absolute atomic E-state index is 14.4. The number of aromatic nitrogens is 1. The fourth-order valence-corrected chi connectivity index (χ4v) is 5.17. The van der Waals surface area contributed by atoms with Gasteiger partial charge in [-0.3, -0.25) is 9.69 Å². The summed E-state index contributed by atoms with van der Waals surface area (Å²) in [4.78, 5) is 19.1. The van der Waals surface area contributed by atoms with Gasteiger partial charge in [-0.25, -0.2) is 4.39 Å². The molecule has 1 aliphatic heterocycles. The first-order valence-corrected chi connectivity index (χ1v) is 13.0. The Kier molecular flexibility index (Phi) is 8.15. The Labute approximate surface area is 209 Å². The number of pyridine rings is 1. The van der Waals surface area contributed by atoms with Gasteiger partial charge >= 0.3 is 0 Å². The van der Waals surface area contributed by atoms with Crippen molar-refractivity contribution in [1.29, 1.82) is 0 Å². The van der Waals surface area contributed by atoms with Crippen LogP contribution in [-0.2, 0) is 11.3 Å². The molecule has 2 heterocycles. The number of ether oxygens (including phenoxy) is 1. The van der Waals surface area contributed by atoms with Gasteiger partial charge in [0.2, 0.25) is 0 Å². The minimum absolute atomic E-state index is 0.00311. The van der Waals surface area contributed by atoms with Crippen molar-refractivity contribution < 1.29 is 14.2 Å². The summed E-state index contributed by atoms with van der Waals surface area (Å²) in [5, 5.41) is 11.0. The Hall–Kier alpha value is -2.81. The fourth-order valence-electron chi connectivity index (χ4n) is 4.76. The van der Waals surface area contributed by atoms with E-state index in [1.165, 1.54) is 6.07 Å². The molecule has 0 bridgehead atoms. The number of aryl methyl sites for hydroxylation is 1. The molecule has 0 saturated carbocycles. The zero-order valence-corrected chi connectivity index (χ0v) is 21.2. The Morgan fingerprint density at radius 1 is 1.09 bits per heavy atom. The molecule has 3 aromatic rings. The van der Waals surface area contributed by atoms with Crippen molar-refractivity contribution in [2.75, 3.05) is 51.1 Å². The van der Waals surface area contributed by atoms with E-state index < -0.39 is 6.04 Å². The molecule has 0 aliphatic carbocycles. The highest BCUT2D eigenvalue weighted by Gasteiger charge is 2.32. The Bertz CT molecular complexity index is 1210. The van der Waals surface area contributed by atoms with E-state index in [2.05, 4.69) is 4.90 Å². The minimum Gasteiger partial charge on any atom is -0.507 e. The lowest BCUT2D eigenvalue weighted by atomic mass is 9.96. The standard InChI is InChI=1S/C27H32FN3O3S/c1-19-18-24(32)25(27(33)31(19)16-17-34-2)26(20-8-10-21(35-3)11-9-20)30-14-12-29(13-15-30)23-7-5-4-6-22(23)28/h4-11,18,26,32H,12-17H2,1-3H3/t26-/m1/s1. The summed E-state index contributed by atoms with van der Waals surface area (Å²) < 4.78 is 21.2. The van der Waals surface area contributed by atoms with Gasteiger partial charge in [-0.05, 0) is 49.1 Å². The molecule has 4 rings (SSSR count). The number of aromatic hydroxyl groups is 1. The smallest absolute Gasteiger partial charge is 0.259 e. The van der Waals surface area contributed by atoms with Crippen molar-refractivity contribution in [1.82, 2.24) is 9.47 Å². The zero-order chi connectivity index (χ0) is 24.9. The van der Waals surface area contributed by atoms with Crippen LogP contribution in [0.2, 0.25) is 0 Å². The summed E-state index contributed by atoms with van der Waals surface area (Å²) in [7, 11) is 1.60. The highest BCUT2D eigenvalue weighted by Crippen LogP contribution is 2.34. The van der Waals surface area contributed by atoms with Crippen molar-refractivity contribution in [3.05, 3.63) is 87.6 Å². The number of para-hydroxylation sites is 1. The van der Waals surface area contributed by atoms with E-state index in [9.17, 15) is 14.3 Å². The lowest BCUT2D eigenvalue weighted by Crippen LogP contribution is -2.49. The summed E-state index contributed by atoms with van der Waals surface area (Å²) in [6.45, 7) is 5.10. The summed E-state index contributed by atoms with van der Waals surface area (Å²) in [6, 6.07) is 16.2. The molecule has 0 spiro atoms. The second-order valence-corrected chi connectivity index (χ2v) is 9.56. The van der Waals surface area contributed by atoms with Crippen molar-refractivity contribution in [3.8, 4) is 5.75 Å². The number of halogens is 1. The highest BCUT2D eigenvalue weighted by atomic mass is 32.2. The number of thioether (sulfide) groups is 1. The average molecular weight is 498 g/mol. The molecule has 1 N–H and O–H groups in total. The van der Waals surface area contributed by atoms with Gasteiger partial charge in [0.05, 0.1) is 23.9 Å². The number of hydrogen-bond donors (Lipinski definition) is 1. The molecule has 1 aliphatic rings. The van der Waals surface area contributed by atoms with E-state index in [-0.39, 0.29) is 17.1 Å². The predicted molar refractivity (Wildman–Crippen MR) is 139 cm³/mol. The van der Waals surface area contributed by atoms with Crippen LogP contribution >= 0.6 is 11.8 Å². The number of nitrogens with zero attached hydrogens (tertiary/aromatic N) is 3. The number of hydrogen-bond acceptors (Lipinski definition) is 6. The van der Waals surface area contributed by atoms with Crippen LogP contribution in [0, 0.1) is 12.7 Å². The molecule has 2 aromatic carbocycles. The van der Waals surface area contributed by atoms with Crippen LogP contribution in [0.1, 0.15) is 22.9 Å². The van der Waals surface area contributed by atoms with E-state index in [0.29, 0.717) is 56.3 Å². The minimum atomic E-state index is -0.421. The lowest BCUT2D eigenvalue weighted by Gasteiger charge is -2.40. The molecule has 6 nitrogen and oxygen atoms in total. The first-order valence-electron chi connectivity index (χ1n) is 11.7. The van der Waals surface area contributed by atoms with Gasteiger partial charge in [-0.15, -0.1) is 11.8 Å². The molecular formula is C27H32FN3O3S. The maximum Gasteiger partial charge on any atom is 0.259 e. The van der Waals surface area contributed by atoms with Gasteiger partial charge in [-0.2, -0.15) is 0 Å². The molecule has 1 fully saturated rings. The molecule has 35 heavy (non-hydrogen) atoms. The van der Waals surface area contributed by atoms with Gasteiger partial charge in [0.1, 0.15) is 11.6 Å². The van der Waals surface area contributed by atoms with E-state index in [1.54, 1.807) is 41.6 Å². The highest BCUT2D eigenvalue weighted by molar-refractivity contribution is 7.98. The molecule has 0 unspecified atom stereocenters. The van der Waals surface area contributed by atoms with Crippen molar-refractivity contribution in [3.63, 3.8) is 0 Å². The summed E-state index contributed by atoms with van der Waals surface area (Å²) in [5.41, 5.74) is 2.37. The summed E-state index contributed by atoms with van der Waals surface area (Å²) in [5.74, 6) is -0.237. The van der Waals surface area contributed by atoms with Gasteiger partial charge < -0.3 is 19.3 Å². The Morgan fingerprint density at radius 2 is 1.77 bits per heavy atom. The molecule has 1 aromatic heterocycles. The van der Waals surface area contributed by atoms with Crippen molar-refractivity contribution >= 4 is 17.4 Å². The second kappa shape index (κ2) is 11.3. The fraction of sp³-hybridized carbons (Fsp3) is 0.370. The number of piperazine rings is 1. The Balaban J connectivity index is 1.72. The largest absolute Gasteiger partial charge is 0.507 e. The molecule has 1 saturated heterocycles. The van der Waals surface area contributed by atoms with Crippen LogP contribution < -0.4 is 10.5 Å². The summed E-state index contributed by atoms with van der Waals surface area (Å²) >= 11 is 1.65. The van der Waals surface area contributed by atoms with Gasteiger partial charge in [0.15, 0.2) is 0 Å². The lowest BCUT2D eigenvalue weighted by molar-refractivity contribution is 0.183. The predicted octanol–water partition coefficient (Wildman–Crippen LogP) is 4.28. The Morgan fingerprint density at radius 3 is 2.40 bits per heavy atom. The third kappa shape index (κ3) is 5.39. The monoisotopic (exact) mass is 497 g/mol. The maximum atomic E-state index is 14.4. The molecule has 1 atom stereocenters. The summed E-state index contributed by atoms with van der Waals surface area (Å²) in [6.07, 6.45) is 2.02. The van der Waals surface area contributed by atoms with Gasteiger partial charge in [0, 0.05) is 50.4 Å². The molecule has 0 amide bonds. The topological polar surface area (TPSA) is 57.9 Å². The van der Waals surface area contributed by atoms with Crippen LogP contribution in [0.3, 0.4) is 0 Å². The third-order valence-electron chi connectivity index (χ3n) is 6.62. The molecule has 186 valence electrons. The second-order valence-electron chi connectivity index (χ2n) is 8.68. The molecular weight excluding hydrogens is 465 g/mol. The van der Waals surface area contributed by atoms with E-state index >= 15 is 0 Å². The zero-order valence-electron chi connectivity index (χ0n) is 20.4. The molecule has 8 heteroatoms. The first kappa shape index (κ1) is 25.3. The number of benzene rings is 2. The van der Waals surface area contributed by atoms with Crippen LogP contribution in [0.5, 0.6) is 5.75 Å². The van der Waals surface area contributed by atoms with Gasteiger partial charge in [0.25, 0.3) is 5.56 Å². The van der Waals surface area contributed by atoms with Crippen LogP contribution in [0.25, 0.3) is 0 Å². The van der Waals surface area contributed by atoms with Crippen LogP contribution in [0.15, 0.2) is 64.3 Å². The van der Waals surface area contributed by atoms with E-state index in [0.717, 1.165) is 10.5 Å².